The van der Waals surface area contributed by atoms with E-state index in [0.29, 0.717) is 10.7 Å². The molecule has 1 amide bonds. The number of nitro groups is 1. The second-order valence-electron chi connectivity index (χ2n) is 6.37. The van der Waals surface area contributed by atoms with E-state index in [-0.39, 0.29) is 34.4 Å². The molecule has 1 N–H and O–H groups in total. The molecule has 3 aromatic rings. The number of hydrogen-bond acceptors (Lipinski definition) is 5. The highest BCUT2D eigenvalue weighted by Crippen LogP contribution is 2.34. The van der Waals surface area contributed by atoms with Crippen LogP contribution in [0.25, 0.3) is 0 Å². The average Bonchev–Trinajstić information content (AvgIpc) is 3.04. The van der Waals surface area contributed by atoms with E-state index in [1.165, 1.54) is 37.3 Å². The summed E-state index contributed by atoms with van der Waals surface area (Å²) in [5, 5.41) is 18.0. The molecule has 0 saturated carbocycles. The molecule has 12 heteroatoms. The Bertz CT molecular complexity index is 1150. The van der Waals surface area contributed by atoms with Gasteiger partial charge in [0.15, 0.2) is 0 Å². The smallest absolute Gasteiger partial charge is 0.282 e. The molecular formula is C19H14Cl2F2N4O4. The maximum absolute atomic E-state index is 12.8. The second-order valence-corrected chi connectivity index (χ2v) is 7.21. The third-order valence-corrected chi connectivity index (χ3v) is 4.56. The predicted octanol–water partition coefficient (Wildman–Crippen LogP) is 5.78. The van der Waals surface area contributed by atoms with E-state index >= 15 is 0 Å². The fourth-order valence-electron chi connectivity index (χ4n) is 2.64. The highest BCUT2D eigenvalue weighted by molar-refractivity contribution is 6.35. The van der Waals surface area contributed by atoms with Gasteiger partial charge in [-0.15, -0.1) is 0 Å². The first kappa shape index (κ1) is 22.4. The van der Waals surface area contributed by atoms with E-state index < -0.39 is 22.9 Å². The number of non-ortho nitro benzene ring substituents is 1. The molecule has 31 heavy (non-hydrogen) atoms. The highest BCUT2D eigenvalue weighted by atomic mass is 35.5. The summed E-state index contributed by atoms with van der Waals surface area (Å²) in [5.74, 6) is -0.373. The monoisotopic (exact) mass is 470 g/mol. The molecular weight excluding hydrogens is 457 g/mol. The summed E-state index contributed by atoms with van der Waals surface area (Å²) in [4.78, 5) is 23.0. The van der Waals surface area contributed by atoms with Crippen molar-refractivity contribution in [2.75, 3.05) is 5.32 Å². The first-order chi connectivity index (χ1) is 14.6. The quantitative estimate of drug-likeness (QED) is 0.348. The highest BCUT2D eigenvalue weighted by Gasteiger charge is 2.17. The van der Waals surface area contributed by atoms with Crippen molar-refractivity contribution in [2.45, 2.75) is 19.9 Å². The van der Waals surface area contributed by atoms with E-state index in [0.717, 1.165) is 16.8 Å². The van der Waals surface area contributed by atoms with Gasteiger partial charge in [-0.1, -0.05) is 23.2 Å². The Hall–Kier alpha value is -3.24. The van der Waals surface area contributed by atoms with Crippen LogP contribution in [-0.2, 0) is 11.3 Å². The van der Waals surface area contributed by atoms with Crippen LogP contribution in [0, 0.1) is 17.0 Å². The largest absolute Gasteiger partial charge is 0.455 e. The third kappa shape index (κ3) is 5.68. The Morgan fingerprint density at radius 2 is 2.00 bits per heavy atom. The summed E-state index contributed by atoms with van der Waals surface area (Å²) < 4.78 is 32.2. The van der Waals surface area contributed by atoms with Gasteiger partial charge >= 0.3 is 0 Å². The van der Waals surface area contributed by atoms with E-state index in [1.807, 2.05) is 0 Å². The number of carbonyl (C=O) groups excluding carboxylic acids is 1. The molecule has 0 unspecified atom stereocenters. The van der Waals surface area contributed by atoms with Gasteiger partial charge < -0.3 is 10.1 Å². The number of rotatable bonds is 7. The molecule has 0 atom stereocenters. The van der Waals surface area contributed by atoms with Crippen molar-refractivity contribution in [3.05, 3.63) is 74.0 Å². The lowest BCUT2D eigenvalue weighted by Gasteiger charge is -2.11. The van der Waals surface area contributed by atoms with Crippen molar-refractivity contribution in [2.24, 2.45) is 0 Å². The predicted molar refractivity (Wildman–Crippen MR) is 110 cm³/mol. The lowest BCUT2D eigenvalue weighted by atomic mass is 10.2. The normalized spacial score (nSPS) is 10.9. The summed E-state index contributed by atoms with van der Waals surface area (Å²) in [5.41, 5.74) is -0.353. The summed E-state index contributed by atoms with van der Waals surface area (Å²) >= 11 is 11.9. The van der Waals surface area contributed by atoms with E-state index in [2.05, 4.69) is 10.4 Å². The Kier molecular flexibility index (Phi) is 6.71. The van der Waals surface area contributed by atoms with Gasteiger partial charge in [0.05, 0.1) is 21.7 Å². The number of halogens is 4. The number of alkyl halides is 2. The first-order valence-electron chi connectivity index (χ1n) is 8.67. The van der Waals surface area contributed by atoms with E-state index in [9.17, 15) is 23.7 Å². The summed E-state index contributed by atoms with van der Waals surface area (Å²) in [6, 6.07) is 9.29. The lowest BCUT2D eigenvalue weighted by molar-refractivity contribution is -0.384. The summed E-state index contributed by atoms with van der Waals surface area (Å²) in [6.07, 6.45) is -2.76. The van der Waals surface area contributed by atoms with Gasteiger partial charge in [0.25, 0.3) is 12.1 Å². The van der Waals surface area contributed by atoms with Crippen LogP contribution < -0.4 is 10.1 Å². The molecule has 0 spiro atoms. The molecule has 0 fully saturated rings. The summed E-state index contributed by atoms with van der Waals surface area (Å²) in [7, 11) is 0. The third-order valence-electron chi connectivity index (χ3n) is 4.02. The Morgan fingerprint density at radius 3 is 2.61 bits per heavy atom. The van der Waals surface area contributed by atoms with Gasteiger partial charge in [-0.2, -0.15) is 5.10 Å². The van der Waals surface area contributed by atoms with Gasteiger partial charge in [-0.25, -0.2) is 8.78 Å². The minimum absolute atomic E-state index is 0.0454. The molecule has 0 aliphatic rings. The molecule has 8 nitrogen and oxygen atoms in total. The minimum Gasteiger partial charge on any atom is -0.455 e. The van der Waals surface area contributed by atoms with Crippen molar-refractivity contribution in [3.8, 4) is 11.5 Å². The second kappa shape index (κ2) is 9.27. The number of aromatic nitrogens is 2. The molecule has 0 bridgehead atoms. The number of nitro benzene ring substituents is 1. The molecule has 0 aliphatic heterocycles. The van der Waals surface area contributed by atoms with Crippen LogP contribution in [0.2, 0.25) is 10.0 Å². The standard InChI is InChI=1S/C19H14Cl2F2N4O4/c1-10-4-16(19(22)23)25-26(10)9-18(28)24-12-6-13(27(29)30)8-14(7-12)31-17-3-2-11(20)5-15(17)21/h2-8,19H,9H2,1H3,(H,24,28). The van der Waals surface area contributed by atoms with Crippen LogP contribution in [-0.4, -0.2) is 20.6 Å². The van der Waals surface area contributed by atoms with Crippen molar-refractivity contribution >= 4 is 40.5 Å². The van der Waals surface area contributed by atoms with Gasteiger partial charge in [-0.3, -0.25) is 19.6 Å². The Morgan fingerprint density at radius 1 is 1.26 bits per heavy atom. The number of carbonyl (C=O) groups is 1. The maximum atomic E-state index is 12.8. The van der Waals surface area contributed by atoms with Crippen molar-refractivity contribution < 1.29 is 23.2 Å². The molecule has 1 aromatic heterocycles. The molecule has 0 aliphatic carbocycles. The van der Waals surface area contributed by atoms with Crippen molar-refractivity contribution in [3.63, 3.8) is 0 Å². The van der Waals surface area contributed by atoms with Crippen molar-refractivity contribution in [1.29, 1.82) is 0 Å². The number of amides is 1. The maximum Gasteiger partial charge on any atom is 0.282 e. The molecule has 0 radical (unpaired) electrons. The van der Waals surface area contributed by atoms with Gasteiger partial charge in [0.2, 0.25) is 5.91 Å². The van der Waals surface area contributed by atoms with Crippen LogP contribution >= 0.6 is 23.2 Å². The zero-order chi connectivity index (χ0) is 22.7. The molecule has 162 valence electrons. The number of ether oxygens (including phenoxy) is 1. The van der Waals surface area contributed by atoms with Crippen molar-refractivity contribution in [1.82, 2.24) is 9.78 Å². The minimum atomic E-state index is -2.76. The SMILES string of the molecule is Cc1cc(C(F)F)nn1CC(=O)Nc1cc(Oc2ccc(Cl)cc2Cl)cc([N+](=O)[O-])c1. The molecule has 0 saturated heterocycles. The molecule has 1 heterocycles. The Balaban J connectivity index is 1.81. The van der Waals surface area contributed by atoms with Crippen LogP contribution in [0.4, 0.5) is 20.2 Å². The van der Waals surface area contributed by atoms with Crippen LogP contribution in [0.15, 0.2) is 42.5 Å². The van der Waals surface area contributed by atoms with Crippen LogP contribution in [0.1, 0.15) is 17.8 Å². The van der Waals surface area contributed by atoms with Gasteiger partial charge in [-0.05, 0) is 31.2 Å². The number of hydrogen-bond donors (Lipinski definition) is 1. The zero-order valence-corrected chi connectivity index (χ0v) is 17.3. The van der Waals surface area contributed by atoms with Gasteiger partial charge in [0.1, 0.15) is 23.7 Å². The molecule has 2 aromatic carbocycles. The first-order valence-corrected chi connectivity index (χ1v) is 9.42. The lowest BCUT2D eigenvalue weighted by Crippen LogP contribution is -2.20. The average molecular weight is 471 g/mol. The Labute approximate surface area is 184 Å². The van der Waals surface area contributed by atoms with E-state index in [1.54, 1.807) is 0 Å². The number of benzene rings is 2. The van der Waals surface area contributed by atoms with Gasteiger partial charge in [0, 0.05) is 22.8 Å². The molecule has 3 rings (SSSR count). The number of aryl methyl sites for hydroxylation is 1. The number of nitrogens with zero attached hydrogens (tertiary/aromatic N) is 3. The van der Waals surface area contributed by atoms with Crippen LogP contribution in [0.3, 0.4) is 0 Å². The van der Waals surface area contributed by atoms with Crippen LogP contribution in [0.5, 0.6) is 11.5 Å². The zero-order valence-electron chi connectivity index (χ0n) is 15.8. The van der Waals surface area contributed by atoms with E-state index in [4.69, 9.17) is 27.9 Å². The topological polar surface area (TPSA) is 99.3 Å². The number of nitrogens with one attached hydrogen (secondary N) is 1. The fourth-order valence-corrected chi connectivity index (χ4v) is 3.09. The summed E-state index contributed by atoms with van der Waals surface area (Å²) in [6.45, 7) is 1.17. The fraction of sp³-hybridized carbons (Fsp3) is 0.158. The number of anilines is 1.